The number of Topliss-reactive ketones (excluding diaryl/α,β-unsaturated/α-hetero) is 3. The van der Waals surface area contributed by atoms with Gasteiger partial charge in [-0.05, 0) is 82.6 Å². The van der Waals surface area contributed by atoms with Gasteiger partial charge in [0.05, 0.1) is 10.8 Å². The van der Waals surface area contributed by atoms with Gasteiger partial charge in [-0.25, -0.2) is 0 Å². The maximum atomic E-state index is 15.0. The number of carbonyl (C=O) groups is 3. The molecule has 7 atom stereocenters. The van der Waals surface area contributed by atoms with E-state index < -0.39 is 38.6 Å². The summed E-state index contributed by atoms with van der Waals surface area (Å²) in [5.41, 5.74) is -3.14. The molecule has 0 saturated heterocycles. The second kappa shape index (κ2) is 7.00. The van der Waals surface area contributed by atoms with Crippen LogP contribution in [0.15, 0.2) is 47.6 Å². The van der Waals surface area contributed by atoms with Crippen molar-refractivity contribution in [1.29, 1.82) is 0 Å². The van der Waals surface area contributed by atoms with E-state index in [1.807, 2.05) is 44.2 Å². The zero-order chi connectivity index (χ0) is 27.0. The van der Waals surface area contributed by atoms with Crippen LogP contribution in [-0.4, -0.2) is 28.1 Å². The summed E-state index contributed by atoms with van der Waals surface area (Å²) in [6, 6.07) is 7.61. The molecule has 4 nitrogen and oxygen atoms in total. The normalized spacial score (nSPS) is 43.9. The summed E-state index contributed by atoms with van der Waals surface area (Å²) < 4.78 is 0. The van der Waals surface area contributed by atoms with Crippen LogP contribution in [0.25, 0.3) is 0 Å². The summed E-state index contributed by atoms with van der Waals surface area (Å²) in [5, 5.41) is 13.3. The molecule has 0 radical (unpaired) electrons. The van der Waals surface area contributed by atoms with E-state index in [-0.39, 0.29) is 23.3 Å². The van der Waals surface area contributed by atoms with Crippen molar-refractivity contribution in [2.45, 2.75) is 91.6 Å². The van der Waals surface area contributed by atoms with Gasteiger partial charge >= 0.3 is 0 Å². The van der Waals surface area contributed by atoms with E-state index in [2.05, 4.69) is 40.7 Å². The minimum absolute atomic E-state index is 0.0314. The quantitative estimate of drug-likeness (QED) is 0.397. The van der Waals surface area contributed by atoms with Crippen molar-refractivity contribution in [2.75, 3.05) is 0 Å². The molecule has 4 heteroatoms. The Bertz CT molecular complexity index is 1340. The first kappa shape index (κ1) is 25.0. The van der Waals surface area contributed by atoms with Gasteiger partial charge in [-0.1, -0.05) is 68.3 Å². The number of fused-ring (bicyclic) bond motifs is 1. The fraction of sp³-hybridized carbons (Fsp3) is 0.606. The van der Waals surface area contributed by atoms with E-state index in [0.29, 0.717) is 31.2 Å². The molecule has 6 aliphatic rings. The van der Waals surface area contributed by atoms with E-state index in [0.717, 1.165) is 17.6 Å². The third-order valence-corrected chi connectivity index (χ3v) is 11.8. The van der Waals surface area contributed by atoms with Gasteiger partial charge in [-0.3, -0.25) is 14.4 Å². The van der Waals surface area contributed by atoms with Crippen molar-refractivity contribution >= 4 is 17.3 Å². The molecule has 1 aromatic carbocycles. The van der Waals surface area contributed by atoms with Crippen LogP contribution < -0.4 is 0 Å². The van der Waals surface area contributed by atoms with Gasteiger partial charge in [0, 0.05) is 11.0 Å². The van der Waals surface area contributed by atoms with E-state index in [4.69, 9.17) is 0 Å². The van der Waals surface area contributed by atoms with Crippen LogP contribution in [0, 0.1) is 33.5 Å². The highest BCUT2D eigenvalue weighted by molar-refractivity contribution is 6.29. The maximum Gasteiger partial charge on any atom is 0.180 e. The van der Waals surface area contributed by atoms with Gasteiger partial charge in [0.2, 0.25) is 0 Å². The molecule has 0 aromatic heterocycles. The third kappa shape index (κ3) is 2.32. The van der Waals surface area contributed by atoms with E-state index in [9.17, 15) is 14.7 Å². The number of rotatable bonds is 4. The van der Waals surface area contributed by atoms with Crippen molar-refractivity contribution in [2.24, 2.45) is 33.5 Å². The Morgan fingerprint density at radius 1 is 0.946 bits per heavy atom. The predicted octanol–water partition coefficient (Wildman–Crippen LogP) is 6.17. The zero-order valence-electron chi connectivity index (χ0n) is 23.3. The van der Waals surface area contributed by atoms with Crippen LogP contribution in [0.4, 0.5) is 0 Å². The molecule has 196 valence electrons. The fourth-order valence-corrected chi connectivity index (χ4v) is 10.3. The molecule has 1 spiro atoms. The summed E-state index contributed by atoms with van der Waals surface area (Å²) in [6.07, 6.45) is 6.54. The molecule has 1 aromatic rings. The first-order chi connectivity index (χ1) is 17.2. The van der Waals surface area contributed by atoms with Crippen molar-refractivity contribution in [3.05, 3.63) is 58.7 Å². The van der Waals surface area contributed by atoms with Gasteiger partial charge < -0.3 is 5.11 Å². The minimum Gasteiger partial charge on any atom is -0.387 e. The first-order valence-electron chi connectivity index (χ1n) is 13.9. The van der Waals surface area contributed by atoms with Gasteiger partial charge in [0.15, 0.2) is 17.3 Å². The highest BCUT2D eigenvalue weighted by Gasteiger charge is 2.97. The molecule has 0 amide bonds. The van der Waals surface area contributed by atoms with E-state index in [1.165, 1.54) is 5.57 Å². The number of aliphatic hydroxyl groups is 1. The standard InChI is InChI=1S/C33H40O4/c1-19(2)12-13-21-16-31-17-24-28(5,6)23-11-9-8-10-22(23)25(34)32(24)27(36)30(26(31)35,15-14-20(3)4)18-29(21,7)33(31,32)37/h8-12,14,21,24,37H,13,15-18H2,1-7H3/t21-,24+,29?,30+,31+,32?,33?/m1/s1. The van der Waals surface area contributed by atoms with Crippen LogP contribution in [-0.2, 0) is 15.0 Å². The highest BCUT2D eigenvalue weighted by Crippen LogP contribution is 2.87. The number of hydrogen-bond acceptors (Lipinski definition) is 4. The SMILES string of the molecule is CC(C)=CC[C@@H]1C[C@@]23C[C@H]4C(C)(C)c5ccccc5C(=O)C45C(=O)[C@@](CC=C(C)C)(CC1(C)C52O)C3=O. The topological polar surface area (TPSA) is 71.4 Å². The lowest BCUT2D eigenvalue weighted by Crippen LogP contribution is -2.82. The number of benzene rings is 1. The Labute approximate surface area is 220 Å². The molecule has 0 heterocycles. The summed E-state index contributed by atoms with van der Waals surface area (Å²) >= 11 is 0. The van der Waals surface area contributed by atoms with Crippen LogP contribution >= 0.6 is 0 Å². The van der Waals surface area contributed by atoms with Crippen LogP contribution in [0.2, 0.25) is 0 Å². The highest BCUT2D eigenvalue weighted by atomic mass is 16.3. The number of hydrogen-bond donors (Lipinski definition) is 1. The molecule has 6 aliphatic carbocycles. The maximum absolute atomic E-state index is 15.0. The Morgan fingerprint density at radius 2 is 1.59 bits per heavy atom. The minimum atomic E-state index is -1.68. The van der Waals surface area contributed by atoms with Gasteiger partial charge in [-0.2, -0.15) is 0 Å². The van der Waals surface area contributed by atoms with E-state index in [1.54, 1.807) is 0 Å². The largest absolute Gasteiger partial charge is 0.387 e. The molecule has 0 aliphatic heterocycles. The Morgan fingerprint density at radius 3 is 2.24 bits per heavy atom. The Balaban J connectivity index is 1.71. The van der Waals surface area contributed by atoms with Crippen LogP contribution in [0.1, 0.15) is 96.5 Å². The second-order valence-corrected chi connectivity index (χ2v) is 14.2. The van der Waals surface area contributed by atoms with Gasteiger partial charge in [-0.15, -0.1) is 0 Å². The van der Waals surface area contributed by atoms with Crippen LogP contribution in [0.3, 0.4) is 0 Å². The van der Waals surface area contributed by atoms with Crippen molar-refractivity contribution < 1.29 is 19.5 Å². The molecule has 5 bridgehead atoms. The zero-order valence-corrected chi connectivity index (χ0v) is 23.3. The van der Waals surface area contributed by atoms with Crippen molar-refractivity contribution in [1.82, 2.24) is 0 Å². The molecular weight excluding hydrogens is 460 g/mol. The lowest BCUT2D eigenvalue weighted by molar-refractivity contribution is -0.240. The monoisotopic (exact) mass is 500 g/mol. The smallest absolute Gasteiger partial charge is 0.180 e. The lowest BCUT2D eigenvalue weighted by Gasteiger charge is -2.68. The molecule has 1 N–H and O–H groups in total. The average Bonchev–Trinajstić information content (AvgIpc) is 3.15. The van der Waals surface area contributed by atoms with Crippen LogP contribution in [0.5, 0.6) is 0 Å². The third-order valence-electron chi connectivity index (χ3n) is 11.8. The molecule has 5 saturated carbocycles. The number of ketones is 3. The number of carbonyl (C=O) groups excluding carboxylic acids is 3. The molecule has 3 unspecified atom stereocenters. The lowest BCUT2D eigenvalue weighted by atomic mass is 9.33. The molecule has 37 heavy (non-hydrogen) atoms. The number of allylic oxidation sites excluding steroid dienone is 4. The first-order valence-corrected chi connectivity index (χ1v) is 13.9. The summed E-state index contributed by atoms with van der Waals surface area (Å²) in [4.78, 5) is 44.7. The predicted molar refractivity (Wildman–Crippen MR) is 143 cm³/mol. The van der Waals surface area contributed by atoms with Gasteiger partial charge in [0.1, 0.15) is 11.0 Å². The molecule has 7 rings (SSSR count). The molecular formula is C33H40O4. The summed E-state index contributed by atoms with van der Waals surface area (Å²) in [6.45, 7) is 14.4. The molecule has 5 fully saturated rings. The van der Waals surface area contributed by atoms with Gasteiger partial charge in [0.25, 0.3) is 0 Å². The summed E-state index contributed by atoms with van der Waals surface area (Å²) in [5.74, 6) is -1.01. The fourth-order valence-electron chi connectivity index (χ4n) is 10.3. The second-order valence-electron chi connectivity index (χ2n) is 14.2. The van der Waals surface area contributed by atoms with Crippen molar-refractivity contribution in [3.8, 4) is 0 Å². The average molecular weight is 501 g/mol. The van der Waals surface area contributed by atoms with E-state index >= 15 is 4.79 Å². The summed E-state index contributed by atoms with van der Waals surface area (Å²) in [7, 11) is 0. The van der Waals surface area contributed by atoms with Crippen molar-refractivity contribution in [3.63, 3.8) is 0 Å². The Hall–Kier alpha value is -2.33. The Kier molecular flexibility index (Phi) is 4.72.